The van der Waals surface area contributed by atoms with Crippen molar-refractivity contribution in [2.75, 3.05) is 13.2 Å². The number of amides is 1. The quantitative estimate of drug-likeness (QED) is 0.683. The molecule has 6 nitrogen and oxygen atoms in total. The Balaban J connectivity index is 1.53. The zero-order chi connectivity index (χ0) is 19.5. The van der Waals surface area contributed by atoms with Gasteiger partial charge in [0.05, 0.1) is 18.0 Å². The minimum atomic E-state index is -0.0684. The van der Waals surface area contributed by atoms with E-state index < -0.39 is 0 Å². The van der Waals surface area contributed by atoms with Crippen LogP contribution < -0.4 is 4.74 Å². The number of carbonyl (C=O) groups is 1. The van der Waals surface area contributed by atoms with E-state index in [-0.39, 0.29) is 5.91 Å². The van der Waals surface area contributed by atoms with Crippen molar-refractivity contribution in [2.24, 2.45) is 0 Å². The number of fused-ring (bicyclic) bond motifs is 1. The molecule has 3 aromatic rings. The molecule has 1 aliphatic rings. The first-order chi connectivity index (χ1) is 13.7. The predicted molar refractivity (Wildman–Crippen MR) is 107 cm³/mol. The van der Waals surface area contributed by atoms with Crippen molar-refractivity contribution in [3.63, 3.8) is 0 Å². The van der Waals surface area contributed by atoms with Crippen LogP contribution in [0.15, 0.2) is 48.5 Å². The molecule has 0 spiro atoms. The van der Waals surface area contributed by atoms with E-state index in [2.05, 4.69) is 29.4 Å². The highest BCUT2D eigenvalue weighted by molar-refractivity contribution is 5.93. The second-order valence-corrected chi connectivity index (χ2v) is 7.02. The number of nitrogens with zero attached hydrogens (tertiary/aromatic N) is 4. The third kappa shape index (κ3) is 3.50. The second-order valence-electron chi connectivity index (χ2n) is 7.02. The lowest BCUT2D eigenvalue weighted by molar-refractivity contribution is 0.0728. The molecular weight excluding hydrogens is 352 g/mol. The first-order valence-corrected chi connectivity index (χ1v) is 9.69. The second kappa shape index (κ2) is 7.84. The van der Waals surface area contributed by atoms with Gasteiger partial charge in [-0.2, -0.15) is 0 Å². The van der Waals surface area contributed by atoms with Crippen molar-refractivity contribution in [3.05, 3.63) is 71.0 Å². The van der Waals surface area contributed by atoms with Crippen LogP contribution in [0.4, 0.5) is 0 Å². The third-order valence-corrected chi connectivity index (χ3v) is 5.07. The summed E-state index contributed by atoms with van der Waals surface area (Å²) in [5.41, 5.74) is 4.53. The molecule has 0 unspecified atom stereocenters. The summed E-state index contributed by atoms with van der Waals surface area (Å²) in [7, 11) is 0. The summed E-state index contributed by atoms with van der Waals surface area (Å²) in [6.45, 7) is 5.97. The maximum atomic E-state index is 13.0. The Morgan fingerprint density at radius 3 is 2.61 bits per heavy atom. The first kappa shape index (κ1) is 18.2. The molecule has 0 bridgehead atoms. The number of carbonyl (C=O) groups excluding carboxylic acids is 1. The fourth-order valence-corrected chi connectivity index (χ4v) is 3.49. The average molecular weight is 376 g/mol. The van der Waals surface area contributed by atoms with Crippen LogP contribution in [0.1, 0.15) is 40.7 Å². The number of ether oxygens (including phenoxy) is 1. The lowest BCUT2D eigenvalue weighted by Crippen LogP contribution is -2.36. The summed E-state index contributed by atoms with van der Waals surface area (Å²) < 4.78 is 7.32. The maximum Gasteiger partial charge on any atom is 0.276 e. The highest BCUT2D eigenvalue weighted by Crippen LogP contribution is 2.22. The number of aromatic nitrogens is 3. The van der Waals surface area contributed by atoms with Crippen molar-refractivity contribution >= 4 is 5.91 Å². The molecule has 2 heterocycles. The molecule has 0 aliphatic carbocycles. The molecule has 2 aromatic carbocycles. The molecule has 1 aromatic heterocycles. The molecule has 0 fully saturated rings. The molecule has 0 saturated heterocycles. The van der Waals surface area contributed by atoms with Gasteiger partial charge in [-0.25, -0.2) is 4.68 Å². The van der Waals surface area contributed by atoms with Crippen LogP contribution in [-0.2, 0) is 13.0 Å². The van der Waals surface area contributed by atoms with Crippen molar-refractivity contribution in [2.45, 2.75) is 33.2 Å². The highest BCUT2D eigenvalue weighted by Gasteiger charge is 2.26. The van der Waals surface area contributed by atoms with E-state index in [0.29, 0.717) is 25.4 Å². The molecule has 0 atom stereocenters. The molecule has 144 valence electrons. The number of hydrogen-bond acceptors (Lipinski definition) is 4. The normalized spacial score (nSPS) is 13.3. The average Bonchev–Trinajstić information content (AvgIpc) is 3.13. The monoisotopic (exact) mass is 376 g/mol. The summed E-state index contributed by atoms with van der Waals surface area (Å²) in [6, 6.07) is 16.0. The molecule has 0 radical (unpaired) electrons. The minimum absolute atomic E-state index is 0.0684. The summed E-state index contributed by atoms with van der Waals surface area (Å²) >= 11 is 0. The summed E-state index contributed by atoms with van der Waals surface area (Å²) in [4.78, 5) is 14.9. The maximum absolute atomic E-state index is 13.0. The molecule has 0 saturated carbocycles. The zero-order valence-corrected chi connectivity index (χ0v) is 16.3. The van der Waals surface area contributed by atoms with Gasteiger partial charge in [-0.15, -0.1) is 5.10 Å². The Morgan fingerprint density at radius 2 is 1.86 bits per heavy atom. The fraction of sp³-hybridized carbons (Fsp3) is 0.318. The van der Waals surface area contributed by atoms with E-state index in [4.69, 9.17) is 4.74 Å². The van der Waals surface area contributed by atoms with Crippen LogP contribution in [0.5, 0.6) is 5.75 Å². The van der Waals surface area contributed by atoms with E-state index in [0.717, 1.165) is 30.0 Å². The van der Waals surface area contributed by atoms with Crippen LogP contribution in [0.25, 0.3) is 5.69 Å². The largest absolute Gasteiger partial charge is 0.494 e. The van der Waals surface area contributed by atoms with Gasteiger partial charge < -0.3 is 9.64 Å². The van der Waals surface area contributed by atoms with Crippen LogP contribution in [0, 0.1) is 6.92 Å². The lowest BCUT2D eigenvalue weighted by Gasteiger charge is -2.28. The number of hydrogen-bond donors (Lipinski definition) is 0. The molecule has 0 N–H and O–H groups in total. The Kier molecular flexibility index (Phi) is 5.10. The van der Waals surface area contributed by atoms with Gasteiger partial charge in [-0.05, 0) is 55.2 Å². The van der Waals surface area contributed by atoms with Crippen molar-refractivity contribution in [3.8, 4) is 11.4 Å². The molecule has 1 amide bonds. The van der Waals surface area contributed by atoms with Gasteiger partial charge in [-0.1, -0.05) is 36.4 Å². The molecule has 4 rings (SSSR count). The zero-order valence-electron chi connectivity index (χ0n) is 16.3. The molecular formula is C22H24N4O2. The summed E-state index contributed by atoms with van der Waals surface area (Å²) in [5.74, 6) is 0.757. The fourth-order valence-electron chi connectivity index (χ4n) is 3.49. The molecule has 6 heteroatoms. The van der Waals surface area contributed by atoms with Crippen molar-refractivity contribution < 1.29 is 9.53 Å². The van der Waals surface area contributed by atoms with Gasteiger partial charge in [0.25, 0.3) is 5.91 Å². The smallest absolute Gasteiger partial charge is 0.276 e. The van der Waals surface area contributed by atoms with Gasteiger partial charge in [0.1, 0.15) is 5.75 Å². The standard InChI is InChI=1S/C22H24N4O2/c1-3-14-28-20-10-8-19(9-11-20)26-16(2)21(23-24-26)22(27)25-13-12-17-6-4-5-7-18(17)15-25/h4-11H,3,12-15H2,1-2H3. The topological polar surface area (TPSA) is 60.2 Å². The van der Waals surface area contributed by atoms with Crippen molar-refractivity contribution in [1.82, 2.24) is 19.9 Å². The van der Waals surface area contributed by atoms with Crippen LogP contribution in [-0.4, -0.2) is 39.0 Å². The van der Waals surface area contributed by atoms with E-state index in [1.807, 2.05) is 48.2 Å². The lowest BCUT2D eigenvalue weighted by atomic mass is 10.00. The summed E-state index contributed by atoms with van der Waals surface area (Å²) in [5, 5.41) is 8.40. The van der Waals surface area contributed by atoms with Gasteiger partial charge in [0.2, 0.25) is 0 Å². The van der Waals surface area contributed by atoms with Gasteiger partial charge >= 0.3 is 0 Å². The Morgan fingerprint density at radius 1 is 1.11 bits per heavy atom. The third-order valence-electron chi connectivity index (χ3n) is 5.07. The SMILES string of the molecule is CCCOc1ccc(-n2nnc(C(=O)N3CCc4ccccc4C3)c2C)cc1. The van der Waals surface area contributed by atoms with Crippen LogP contribution in [0.3, 0.4) is 0 Å². The van der Waals surface area contributed by atoms with Crippen molar-refractivity contribution in [1.29, 1.82) is 0 Å². The highest BCUT2D eigenvalue weighted by atomic mass is 16.5. The van der Waals surface area contributed by atoms with Crippen LogP contribution in [0.2, 0.25) is 0 Å². The molecule has 28 heavy (non-hydrogen) atoms. The van der Waals surface area contributed by atoms with E-state index in [1.165, 1.54) is 11.1 Å². The predicted octanol–water partition coefficient (Wildman–Crippen LogP) is 3.56. The molecule has 1 aliphatic heterocycles. The van der Waals surface area contributed by atoms with E-state index in [9.17, 15) is 4.79 Å². The Labute approximate surface area is 164 Å². The first-order valence-electron chi connectivity index (χ1n) is 9.69. The minimum Gasteiger partial charge on any atom is -0.494 e. The number of benzene rings is 2. The van der Waals surface area contributed by atoms with Gasteiger partial charge in [-0.3, -0.25) is 4.79 Å². The number of rotatable bonds is 5. The Hall–Kier alpha value is -3.15. The summed E-state index contributed by atoms with van der Waals surface area (Å²) in [6.07, 6.45) is 1.84. The van der Waals surface area contributed by atoms with E-state index >= 15 is 0 Å². The van der Waals surface area contributed by atoms with Gasteiger partial charge in [0.15, 0.2) is 5.69 Å². The van der Waals surface area contributed by atoms with E-state index in [1.54, 1.807) is 4.68 Å². The van der Waals surface area contributed by atoms with Crippen LogP contribution >= 0.6 is 0 Å². The Bertz CT molecular complexity index is 978. The van der Waals surface area contributed by atoms with Gasteiger partial charge in [0, 0.05) is 13.1 Å².